The van der Waals surface area contributed by atoms with Crippen molar-refractivity contribution in [1.82, 2.24) is 9.97 Å². The van der Waals surface area contributed by atoms with Crippen LogP contribution in [-0.4, -0.2) is 9.97 Å². The summed E-state index contributed by atoms with van der Waals surface area (Å²) in [6.45, 7) is 3.88. The van der Waals surface area contributed by atoms with Crippen LogP contribution in [0.5, 0.6) is 0 Å². The topological polar surface area (TPSA) is 45.8 Å². The molecule has 2 aromatic heterocycles. The fourth-order valence-corrected chi connectivity index (χ4v) is 1.60. The smallest absolute Gasteiger partial charge is 0.248 e. The number of hydrogen-bond acceptors (Lipinski definition) is 2. The SMILES string of the molecule is Cc1cc(-c2cnccc2C)cc(=O)[nH]1. The van der Waals surface area contributed by atoms with E-state index in [2.05, 4.69) is 9.97 Å². The van der Waals surface area contributed by atoms with Crippen molar-refractivity contribution in [3.8, 4) is 11.1 Å². The molecule has 1 N–H and O–H groups in total. The van der Waals surface area contributed by atoms with Gasteiger partial charge in [0.25, 0.3) is 0 Å². The van der Waals surface area contributed by atoms with E-state index in [0.29, 0.717) is 0 Å². The highest BCUT2D eigenvalue weighted by Crippen LogP contribution is 2.20. The van der Waals surface area contributed by atoms with Gasteiger partial charge >= 0.3 is 0 Å². The van der Waals surface area contributed by atoms with Crippen molar-refractivity contribution in [2.24, 2.45) is 0 Å². The van der Waals surface area contributed by atoms with Crippen molar-refractivity contribution in [3.05, 3.63) is 52.2 Å². The maximum atomic E-state index is 11.3. The van der Waals surface area contributed by atoms with E-state index in [1.165, 1.54) is 0 Å². The Morgan fingerprint density at radius 1 is 1.27 bits per heavy atom. The Morgan fingerprint density at radius 3 is 2.73 bits per heavy atom. The highest BCUT2D eigenvalue weighted by molar-refractivity contribution is 5.65. The van der Waals surface area contributed by atoms with Crippen molar-refractivity contribution in [1.29, 1.82) is 0 Å². The van der Waals surface area contributed by atoms with Crippen molar-refractivity contribution in [3.63, 3.8) is 0 Å². The highest BCUT2D eigenvalue weighted by atomic mass is 16.1. The second-order valence-electron chi connectivity index (χ2n) is 3.61. The summed E-state index contributed by atoms with van der Waals surface area (Å²) in [7, 11) is 0. The molecule has 0 spiro atoms. The van der Waals surface area contributed by atoms with Crippen LogP contribution in [0.15, 0.2) is 35.4 Å². The molecular formula is C12H12N2O. The molecule has 0 amide bonds. The van der Waals surface area contributed by atoms with Crippen LogP contribution < -0.4 is 5.56 Å². The lowest BCUT2D eigenvalue weighted by Gasteiger charge is -2.04. The third-order valence-corrected chi connectivity index (χ3v) is 2.33. The average Bonchev–Trinajstić information content (AvgIpc) is 2.16. The van der Waals surface area contributed by atoms with E-state index in [9.17, 15) is 4.79 Å². The number of hydrogen-bond donors (Lipinski definition) is 1. The molecule has 0 saturated carbocycles. The lowest BCUT2D eigenvalue weighted by Crippen LogP contribution is -2.05. The quantitative estimate of drug-likeness (QED) is 0.765. The van der Waals surface area contributed by atoms with Gasteiger partial charge in [-0.3, -0.25) is 9.78 Å². The minimum Gasteiger partial charge on any atom is -0.326 e. The van der Waals surface area contributed by atoms with Crippen molar-refractivity contribution in [2.45, 2.75) is 13.8 Å². The summed E-state index contributed by atoms with van der Waals surface area (Å²) in [6.07, 6.45) is 3.53. The van der Waals surface area contributed by atoms with E-state index < -0.39 is 0 Å². The number of nitrogens with one attached hydrogen (secondary N) is 1. The van der Waals surface area contributed by atoms with Crippen molar-refractivity contribution >= 4 is 0 Å². The van der Waals surface area contributed by atoms with Crippen LogP contribution in [0, 0.1) is 13.8 Å². The molecule has 0 radical (unpaired) electrons. The lowest BCUT2D eigenvalue weighted by atomic mass is 10.0. The first-order chi connectivity index (χ1) is 7.16. The maximum absolute atomic E-state index is 11.3. The van der Waals surface area contributed by atoms with Gasteiger partial charge in [-0.1, -0.05) is 0 Å². The standard InChI is InChI=1S/C12H12N2O/c1-8-3-4-13-7-11(8)10-5-9(2)14-12(15)6-10/h3-7H,1-2H3,(H,14,15). The zero-order valence-electron chi connectivity index (χ0n) is 8.74. The van der Waals surface area contributed by atoms with E-state index in [1.807, 2.05) is 26.0 Å². The average molecular weight is 200 g/mol. The fraction of sp³-hybridized carbons (Fsp3) is 0.167. The van der Waals surface area contributed by atoms with Gasteiger partial charge in [0.05, 0.1) is 0 Å². The Balaban J connectivity index is 2.64. The number of aromatic nitrogens is 2. The molecule has 0 fully saturated rings. The van der Waals surface area contributed by atoms with Gasteiger partial charge in [0.15, 0.2) is 0 Å². The van der Waals surface area contributed by atoms with E-state index in [-0.39, 0.29) is 5.56 Å². The summed E-state index contributed by atoms with van der Waals surface area (Å²) >= 11 is 0. The number of rotatable bonds is 1. The van der Waals surface area contributed by atoms with Gasteiger partial charge < -0.3 is 4.98 Å². The van der Waals surface area contributed by atoms with Crippen LogP contribution in [0.4, 0.5) is 0 Å². The molecular weight excluding hydrogens is 188 g/mol. The van der Waals surface area contributed by atoms with Crippen LogP contribution in [-0.2, 0) is 0 Å². The van der Waals surface area contributed by atoms with Crippen LogP contribution in [0.3, 0.4) is 0 Å². The molecule has 0 aliphatic heterocycles. The largest absolute Gasteiger partial charge is 0.326 e. The van der Waals surface area contributed by atoms with Gasteiger partial charge in [0.1, 0.15) is 0 Å². The summed E-state index contributed by atoms with van der Waals surface area (Å²) in [6, 6.07) is 5.48. The first kappa shape index (κ1) is 9.65. The molecule has 0 aromatic carbocycles. The molecule has 3 heteroatoms. The first-order valence-electron chi connectivity index (χ1n) is 4.79. The predicted molar refractivity (Wildman–Crippen MR) is 59.8 cm³/mol. The van der Waals surface area contributed by atoms with Gasteiger partial charge in [0, 0.05) is 29.7 Å². The third kappa shape index (κ3) is 1.96. The normalized spacial score (nSPS) is 10.3. The minimum absolute atomic E-state index is 0.0757. The van der Waals surface area contributed by atoms with E-state index >= 15 is 0 Å². The number of aryl methyl sites for hydroxylation is 2. The molecule has 0 bridgehead atoms. The number of aromatic amines is 1. The second-order valence-corrected chi connectivity index (χ2v) is 3.61. The van der Waals surface area contributed by atoms with Crippen LogP contribution in [0.2, 0.25) is 0 Å². The van der Waals surface area contributed by atoms with Gasteiger partial charge in [-0.25, -0.2) is 0 Å². The Kier molecular flexibility index (Phi) is 2.37. The molecule has 2 rings (SSSR count). The van der Waals surface area contributed by atoms with Gasteiger partial charge in [-0.2, -0.15) is 0 Å². The Labute approximate surface area is 87.8 Å². The van der Waals surface area contributed by atoms with Gasteiger partial charge in [0.2, 0.25) is 5.56 Å². The zero-order valence-corrected chi connectivity index (χ0v) is 8.74. The number of nitrogens with zero attached hydrogens (tertiary/aromatic N) is 1. The summed E-state index contributed by atoms with van der Waals surface area (Å²) < 4.78 is 0. The van der Waals surface area contributed by atoms with E-state index in [0.717, 1.165) is 22.4 Å². The molecule has 0 aliphatic rings. The Bertz CT molecular complexity index is 543. The number of pyridine rings is 2. The van der Waals surface area contributed by atoms with E-state index in [4.69, 9.17) is 0 Å². The Morgan fingerprint density at radius 2 is 2.07 bits per heavy atom. The second kappa shape index (κ2) is 3.69. The van der Waals surface area contributed by atoms with Crippen LogP contribution in [0.25, 0.3) is 11.1 Å². The van der Waals surface area contributed by atoms with Crippen LogP contribution in [0.1, 0.15) is 11.3 Å². The predicted octanol–water partition coefficient (Wildman–Crippen LogP) is 2.05. The molecule has 0 aliphatic carbocycles. The molecule has 2 aromatic rings. The highest BCUT2D eigenvalue weighted by Gasteiger charge is 2.02. The van der Waals surface area contributed by atoms with Gasteiger partial charge in [-0.15, -0.1) is 0 Å². The first-order valence-corrected chi connectivity index (χ1v) is 4.79. The summed E-state index contributed by atoms with van der Waals surface area (Å²) in [4.78, 5) is 18.1. The van der Waals surface area contributed by atoms with Crippen molar-refractivity contribution < 1.29 is 0 Å². The third-order valence-electron chi connectivity index (χ3n) is 2.33. The molecule has 76 valence electrons. The maximum Gasteiger partial charge on any atom is 0.248 e. The van der Waals surface area contributed by atoms with Crippen LogP contribution >= 0.6 is 0 Å². The molecule has 15 heavy (non-hydrogen) atoms. The Hall–Kier alpha value is -1.90. The summed E-state index contributed by atoms with van der Waals surface area (Å²) in [5.74, 6) is 0. The molecule has 0 saturated heterocycles. The molecule has 0 atom stereocenters. The fourth-order valence-electron chi connectivity index (χ4n) is 1.60. The zero-order chi connectivity index (χ0) is 10.8. The monoisotopic (exact) mass is 200 g/mol. The molecule has 3 nitrogen and oxygen atoms in total. The number of H-pyrrole nitrogens is 1. The molecule has 2 heterocycles. The lowest BCUT2D eigenvalue weighted by molar-refractivity contribution is 1.14. The summed E-state index contributed by atoms with van der Waals surface area (Å²) in [5.41, 5.74) is 3.83. The molecule has 0 unspecified atom stereocenters. The van der Waals surface area contributed by atoms with Gasteiger partial charge in [-0.05, 0) is 37.1 Å². The summed E-state index contributed by atoms with van der Waals surface area (Å²) in [5, 5.41) is 0. The minimum atomic E-state index is -0.0757. The van der Waals surface area contributed by atoms with Crippen molar-refractivity contribution in [2.75, 3.05) is 0 Å². The van der Waals surface area contributed by atoms with E-state index in [1.54, 1.807) is 18.5 Å².